The van der Waals surface area contributed by atoms with Crippen LogP contribution in [0.15, 0.2) is 23.1 Å². The first kappa shape index (κ1) is 11.1. The predicted molar refractivity (Wildman–Crippen MR) is 54.0 cm³/mol. The van der Waals surface area contributed by atoms with E-state index >= 15 is 0 Å². The fourth-order valence-electron chi connectivity index (χ4n) is 0.788. The van der Waals surface area contributed by atoms with E-state index in [9.17, 15) is 8.42 Å². The highest BCUT2D eigenvalue weighted by Gasteiger charge is 2.11. The molecule has 0 aromatic heterocycles. The van der Waals surface area contributed by atoms with Gasteiger partial charge in [-0.2, -0.15) is 0 Å². The molecule has 0 amide bonds. The molecular formula is C7H5Cl3O2S. The number of benzene rings is 1. The zero-order chi connectivity index (χ0) is 10.1. The maximum Gasteiger partial charge on any atom is 0.261 e. The molecule has 0 N–H and O–H groups in total. The average molecular weight is 260 g/mol. The van der Waals surface area contributed by atoms with Gasteiger partial charge in [-0.25, -0.2) is 8.42 Å². The van der Waals surface area contributed by atoms with E-state index in [4.69, 9.17) is 33.9 Å². The summed E-state index contributed by atoms with van der Waals surface area (Å²) in [6.45, 7) is 0. The van der Waals surface area contributed by atoms with Gasteiger partial charge in [0.1, 0.15) is 0 Å². The highest BCUT2D eigenvalue weighted by atomic mass is 35.7. The predicted octanol–water partition coefficient (Wildman–Crippen LogP) is 3.01. The van der Waals surface area contributed by atoms with Crippen LogP contribution in [0.4, 0.5) is 0 Å². The lowest BCUT2D eigenvalue weighted by Gasteiger charge is -2.01. The van der Waals surface area contributed by atoms with Crippen molar-refractivity contribution in [2.75, 3.05) is 0 Å². The molecule has 0 unspecified atom stereocenters. The molecule has 1 rings (SSSR count). The van der Waals surface area contributed by atoms with Crippen molar-refractivity contribution in [3.63, 3.8) is 0 Å². The number of halogens is 3. The Kier molecular flexibility index (Phi) is 3.46. The van der Waals surface area contributed by atoms with E-state index < -0.39 is 9.05 Å². The largest absolute Gasteiger partial charge is 0.261 e. The molecule has 1 aromatic rings. The van der Waals surface area contributed by atoms with Crippen molar-refractivity contribution < 1.29 is 8.42 Å². The fourth-order valence-corrected chi connectivity index (χ4v) is 2.18. The quantitative estimate of drug-likeness (QED) is 0.604. The molecule has 72 valence electrons. The lowest BCUT2D eigenvalue weighted by Crippen LogP contribution is -1.91. The first-order valence-electron chi connectivity index (χ1n) is 3.24. The van der Waals surface area contributed by atoms with E-state index in [1.54, 1.807) is 0 Å². The van der Waals surface area contributed by atoms with Gasteiger partial charge in [0, 0.05) is 21.6 Å². The molecule has 0 aliphatic heterocycles. The lowest BCUT2D eigenvalue weighted by atomic mass is 10.2. The SMILES string of the molecule is O=S(=O)(Cl)c1ccc(CCl)c(Cl)c1. The average Bonchev–Trinajstić information content (AvgIpc) is 2.02. The van der Waals surface area contributed by atoms with Gasteiger partial charge in [-0.1, -0.05) is 17.7 Å². The molecule has 6 heteroatoms. The Morgan fingerprint density at radius 2 is 1.92 bits per heavy atom. The van der Waals surface area contributed by atoms with Gasteiger partial charge in [0.25, 0.3) is 9.05 Å². The Morgan fingerprint density at radius 1 is 1.31 bits per heavy atom. The molecule has 0 bridgehead atoms. The van der Waals surface area contributed by atoms with E-state index in [1.807, 2.05) is 0 Å². The Hall–Kier alpha value is 0.0400. The van der Waals surface area contributed by atoms with E-state index in [0.29, 0.717) is 10.6 Å². The fraction of sp³-hybridized carbons (Fsp3) is 0.143. The molecule has 1 aromatic carbocycles. The number of hydrogen-bond acceptors (Lipinski definition) is 2. The van der Waals surface area contributed by atoms with E-state index in [0.717, 1.165) is 0 Å². The molecule has 2 nitrogen and oxygen atoms in total. The van der Waals surface area contributed by atoms with E-state index in [-0.39, 0.29) is 10.8 Å². The summed E-state index contributed by atoms with van der Waals surface area (Å²) in [7, 11) is 1.40. The van der Waals surface area contributed by atoms with Gasteiger partial charge < -0.3 is 0 Å². The number of alkyl halides is 1. The summed E-state index contributed by atoms with van der Waals surface area (Å²) >= 11 is 11.3. The second kappa shape index (κ2) is 4.05. The molecule has 0 saturated heterocycles. The topological polar surface area (TPSA) is 34.1 Å². The third-order valence-corrected chi connectivity index (χ3v) is 3.44. The highest BCUT2D eigenvalue weighted by molar-refractivity contribution is 8.13. The van der Waals surface area contributed by atoms with Crippen LogP contribution in [0.25, 0.3) is 0 Å². The second-order valence-corrected chi connectivity index (χ2v) is 5.57. The van der Waals surface area contributed by atoms with Crippen LogP contribution in [-0.2, 0) is 14.9 Å². The van der Waals surface area contributed by atoms with Crippen molar-refractivity contribution in [1.29, 1.82) is 0 Å². The van der Waals surface area contributed by atoms with Crippen molar-refractivity contribution in [3.8, 4) is 0 Å². The normalized spacial score (nSPS) is 11.6. The Labute approximate surface area is 90.8 Å². The van der Waals surface area contributed by atoms with Crippen molar-refractivity contribution >= 4 is 42.9 Å². The van der Waals surface area contributed by atoms with Gasteiger partial charge in [-0.3, -0.25) is 0 Å². The first-order valence-corrected chi connectivity index (χ1v) is 6.46. The van der Waals surface area contributed by atoms with Crippen LogP contribution in [0, 0.1) is 0 Å². The zero-order valence-corrected chi connectivity index (χ0v) is 9.38. The Morgan fingerprint density at radius 3 is 2.31 bits per heavy atom. The maximum absolute atomic E-state index is 10.9. The summed E-state index contributed by atoms with van der Waals surface area (Å²) in [5, 5.41) is 0.303. The summed E-state index contributed by atoms with van der Waals surface area (Å²) < 4.78 is 21.7. The molecule has 0 fully saturated rings. The summed E-state index contributed by atoms with van der Waals surface area (Å²) in [6.07, 6.45) is 0. The molecule has 0 heterocycles. The molecule has 0 saturated carbocycles. The summed E-state index contributed by atoms with van der Waals surface area (Å²) in [5.74, 6) is 0.238. The van der Waals surface area contributed by atoms with Crippen LogP contribution in [0.2, 0.25) is 5.02 Å². The van der Waals surface area contributed by atoms with Crippen molar-refractivity contribution in [2.45, 2.75) is 10.8 Å². The lowest BCUT2D eigenvalue weighted by molar-refractivity contribution is 0.609. The smallest absolute Gasteiger partial charge is 0.207 e. The van der Waals surface area contributed by atoms with E-state index in [1.165, 1.54) is 18.2 Å². The minimum Gasteiger partial charge on any atom is -0.207 e. The summed E-state index contributed by atoms with van der Waals surface area (Å²) in [6, 6.07) is 4.18. The summed E-state index contributed by atoms with van der Waals surface area (Å²) in [4.78, 5) is -0.0203. The number of hydrogen-bond donors (Lipinski definition) is 0. The molecular weight excluding hydrogens is 255 g/mol. The van der Waals surface area contributed by atoms with Crippen molar-refractivity contribution in [2.24, 2.45) is 0 Å². The van der Waals surface area contributed by atoms with Crippen molar-refractivity contribution in [3.05, 3.63) is 28.8 Å². The zero-order valence-electron chi connectivity index (χ0n) is 6.30. The third-order valence-electron chi connectivity index (χ3n) is 1.45. The number of rotatable bonds is 2. The van der Waals surface area contributed by atoms with Gasteiger partial charge >= 0.3 is 0 Å². The molecule has 0 aliphatic carbocycles. The van der Waals surface area contributed by atoms with Gasteiger partial charge in [0.2, 0.25) is 0 Å². The summed E-state index contributed by atoms with van der Waals surface area (Å²) in [5.41, 5.74) is 0.674. The minimum atomic E-state index is -3.71. The van der Waals surface area contributed by atoms with Crippen molar-refractivity contribution in [1.82, 2.24) is 0 Å². The highest BCUT2D eigenvalue weighted by Crippen LogP contribution is 2.23. The van der Waals surface area contributed by atoms with Gasteiger partial charge in [-0.05, 0) is 17.7 Å². The van der Waals surface area contributed by atoms with Gasteiger partial charge in [-0.15, -0.1) is 11.6 Å². The molecule has 13 heavy (non-hydrogen) atoms. The Bertz CT molecular complexity index is 414. The molecule has 0 spiro atoms. The van der Waals surface area contributed by atoms with Crippen LogP contribution in [-0.4, -0.2) is 8.42 Å². The molecule has 0 radical (unpaired) electrons. The molecule has 0 atom stereocenters. The van der Waals surface area contributed by atoms with E-state index in [2.05, 4.69) is 0 Å². The van der Waals surface area contributed by atoms with Crippen LogP contribution >= 0.6 is 33.9 Å². The van der Waals surface area contributed by atoms with Gasteiger partial charge in [0.15, 0.2) is 0 Å². The van der Waals surface area contributed by atoms with Crippen LogP contribution < -0.4 is 0 Å². The maximum atomic E-state index is 10.9. The monoisotopic (exact) mass is 258 g/mol. The first-order chi connectivity index (χ1) is 5.95. The van der Waals surface area contributed by atoms with Crippen LogP contribution in [0.5, 0.6) is 0 Å². The van der Waals surface area contributed by atoms with Crippen LogP contribution in [0.3, 0.4) is 0 Å². The third kappa shape index (κ3) is 2.74. The van der Waals surface area contributed by atoms with Crippen LogP contribution in [0.1, 0.15) is 5.56 Å². The second-order valence-electron chi connectivity index (χ2n) is 2.32. The Balaban J connectivity index is 3.26. The molecule has 0 aliphatic rings. The standard InChI is InChI=1S/C7H5Cl3O2S/c8-4-5-1-2-6(3-7(5)9)13(10,11)12/h1-3H,4H2. The van der Waals surface area contributed by atoms with Gasteiger partial charge in [0.05, 0.1) is 4.90 Å². The minimum absolute atomic E-state index is 0.0203.